The van der Waals surface area contributed by atoms with Crippen molar-refractivity contribution in [3.05, 3.63) is 24.3 Å². The van der Waals surface area contributed by atoms with Gasteiger partial charge < -0.3 is 15.3 Å². The molecule has 6 heteroatoms. The van der Waals surface area contributed by atoms with Crippen molar-refractivity contribution in [1.82, 2.24) is 4.90 Å². The fraction of sp³-hybridized carbons (Fsp3) is 0.467. The number of urea groups is 1. The zero-order chi connectivity index (χ0) is 15.2. The second kappa shape index (κ2) is 7.36. The molecule has 5 nitrogen and oxygen atoms in total. The Bertz CT molecular complexity index is 515. The molecule has 0 unspecified atom stereocenters. The van der Waals surface area contributed by atoms with Gasteiger partial charge in [0, 0.05) is 16.6 Å². The molecule has 0 atom stereocenters. The lowest BCUT2D eigenvalue weighted by atomic mass is 10.2. The van der Waals surface area contributed by atoms with Crippen molar-refractivity contribution in [1.29, 1.82) is 0 Å². The molecule has 2 N–H and O–H groups in total. The van der Waals surface area contributed by atoms with Gasteiger partial charge in [-0.25, -0.2) is 4.79 Å². The third-order valence-electron chi connectivity index (χ3n) is 3.65. The second-order valence-electron chi connectivity index (χ2n) is 5.12. The Hall–Kier alpha value is -1.69. The molecular weight excluding hydrogens is 288 g/mol. The number of carbonyl (C=O) groups excluding carboxylic acids is 1. The third-order valence-corrected chi connectivity index (χ3v) is 4.38. The van der Waals surface area contributed by atoms with Crippen LogP contribution in [-0.4, -0.2) is 40.8 Å². The molecule has 0 spiro atoms. The van der Waals surface area contributed by atoms with E-state index in [1.807, 2.05) is 30.5 Å². The largest absolute Gasteiger partial charge is 0.480 e. The number of carboxylic acids is 1. The van der Waals surface area contributed by atoms with E-state index >= 15 is 0 Å². The van der Waals surface area contributed by atoms with Gasteiger partial charge in [-0.3, -0.25) is 4.79 Å². The number of nitrogens with zero attached hydrogens (tertiary/aromatic N) is 1. The number of amides is 2. The highest BCUT2D eigenvalue weighted by atomic mass is 32.2. The van der Waals surface area contributed by atoms with Gasteiger partial charge in [0.25, 0.3) is 0 Å². The number of hydrogen-bond acceptors (Lipinski definition) is 3. The summed E-state index contributed by atoms with van der Waals surface area (Å²) in [5, 5.41) is 11.8. The predicted molar refractivity (Wildman–Crippen MR) is 83.8 cm³/mol. The average Bonchev–Trinajstić information content (AvgIpc) is 2.98. The van der Waals surface area contributed by atoms with E-state index in [-0.39, 0.29) is 18.6 Å². The van der Waals surface area contributed by atoms with Gasteiger partial charge in [0.2, 0.25) is 0 Å². The molecule has 114 valence electrons. The molecule has 1 aromatic rings. The van der Waals surface area contributed by atoms with Crippen LogP contribution < -0.4 is 5.32 Å². The first-order valence-electron chi connectivity index (χ1n) is 7.03. The van der Waals surface area contributed by atoms with E-state index < -0.39 is 5.97 Å². The maximum atomic E-state index is 12.4. The Morgan fingerprint density at radius 1 is 1.38 bits per heavy atom. The molecular formula is C15H20N2O3S. The number of carboxylic acid groups (broad SMARTS) is 1. The highest BCUT2D eigenvalue weighted by Crippen LogP contribution is 2.25. The van der Waals surface area contributed by atoms with E-state index in [1.165, 1.54) is 4.90 Å². The van der Waals surface area contributed by atoms with Gasteiger partial charge in [0.15, 0.2) is 0 Å². The molecule has 1 saturated carbocycles. The van der Waals surface area contributed by atoms with Crippen LogP contribution in [0.25, 0.3) is 0 Å². The number of nitrogens with one attached hydrogen (secondary N) is 1. The number of thioether (sulfide) groups is 1. The van der Waals surface area contributed by atoms with Crippen LogP contribution in [0.2, 0.25) is 0 Å². The molecule has 1 aliphatic carbocycles. The lowest BCUT2D eigenvalue weighted by Gasteiger charge is -2.27. The van der Waals surface area contributed by atoms with E-state index in [2.05, 4.69) is 5.32 Å². The van der Waals surface area contributed by atoms with E-state index in [1.54, 1.807) is 11.8 Å². The summed E-state index contributed by atoms with van der Waals surface area (Å²) >= 11 is 1.60. The highest BCUT2D eigenvalue weighted by molar-refractivity contribution is 7.98. The molecule has 2 amide bonds. The summed E-state index contributed by atoms with van der Waals surface area (Å²) in [6, 6.07) is 7.24. The average molecular weight is 308 g/mol. The van der Waals surface area contributed by atoms with Gasteiger partial charge in [-0.15, -0.1) is 11.8 Å². The summed E-state index contributed by atoms with van der Waals surface area (Å²) in [5.41, 5.74) is 0.695. The van der Waals surface area contributed by atoms with Crippen LogP contribution in [0, 0.1) is 0 Å². The fourth-order valence-electron chi connectivity index (χ4n) is 2.62. The van der Waals surface area contributed by atoms with Gasteiger partial charge in [0.05, 0.1) is 0 Å². The van der Waals surface area contributed by atoms with Gasteiger partial charge in [-0.1, -0.05) is 18.9 Å². The summed E-state index contributed by atoms with van der Waals surface area (Å²) in [4.78, 5) is 25.9. The molecule has 0 heterocycles. The minimum absolute atomic E-state index is 0.0323. The van der Waals surface area contributed by atoms with Crippen molar-refractivity contribution in [3.63, 3.8) is 0 Å². The second-order valence-corrected chi connectivity index (χ2v) is 6.00. The van der Waals surface area contributed by atoms with Crippen molar-refractivity contribution >= 4 is 29.4 Å². The summed E-state index contributed by atoms with van der Waals surface area (Å²) in [6.07, 6.45) is 5.83. The molecule has 0 saturated heterocycles. The SMILES string of the molecule is CSc1cccc(NC(=O)N(CC(=O)O)C2CCCC2)c1. The lowest BCUT2D eigenvalue weighted by molar-refractivity contribution is -0.138. The number of benzene rings is 1. The molecule has 0 aliphatic heterocycles. The van der Waals surface area contributed by atoms with Crippen molar-refractivity contribution in [2.75, 3.05) is 18.1 Å². The van der Waals surface area contributed by atoms with Crippen LogP contribution in [0.3, 0.4) is 0 Å². The Morgan fingerprint density at radius 3 is 2.71 bits per heavy atom. The van der Waals surface area contributed by atoms with Crippen LogP contribution >= 0.6 is 11.8 Å². The summed E-state index contributed by atoms with van der Waals surface area (Å²) in [5.74, 6) is -0.977. The quantitative estimate of drug-likeness (QED) is 0.819. The molecule has 0 bridgehead atoms. The van der Waals surface area contributed by atoms with Gasteiger partial charge in [0.1, 0.15) is 6.54 Å². The zero-order valence-electron chi connectivity index (χ0n) is 12.0. The Balaban J connectivity index is 2.07. The van der Waals surface area contributed by atoms with Crippen LogP contribution in [0.15, 0.2) is 29.2 Å². The van der Waals surface area contributed by atoms with Crippen LogP contribution in [-0.2, 0) is 4.79 Å². The van der Waals surface area contributed by atoms with E-state index in [0.29, 0.717) is 5.69 Å². The highest BCUT2D eigenvalue weighted by Gasteiger charge is 2.28. The molecule has 1 aromatic carbocycles. The molecule has 1 fully saturated rings. The first-order chi connectivity index (χ1) is 10.1. The van der Waals surface area contributed by atoms with Gasteiger partial charge in [-0.2, -0.15) is 0 Å². The lowest BCUT2D eigenvalue weighted by Crippen LogP contribution is -2.44. The topological polar surface area (TPSA) is 69.6 Å². The van der Waals surface area contributed by atoms with Crippen LogP contribution in [0.1, 0.15) is 25.7 Å². The fourth-order valence-corrected chi connectivity index (χ4v) is 3.08. The van der Waals surface area contributed by atoms with Gasteiger partial charge in [-0.05, 0) is 37.3 Å². The van der Waals surface area contributed by atoms with E-state index in [4.69, 9.17) is 5.11 Å². The normalized spacial score (nSPS) is 14.9. The molecule has 0 aromatic heterocycles. The standard InChI is InChI=1S/C15H20N2O3S/c1-21-13-8-4-5-11(9-13)16-15(20)17(10-14(18)19)12-6-2-3-7-12/h4-5,8-9,12H,2-3,6-7,10H2,1H3,(H,16,20)(H,18,19). The molecule has 1 aliphatic rings. The monoisotopic (exact) mass is 308 g/mol. The van der Waals surface area contributed by atoms with Crippen LogP contribution in [0.5, 0.6) is 0 Å². The smallest absolute Gasteiger partial charge is 0.323 e. The number of hydrogen-bond donors (Lipinski definition) is 2. The summed E-state index contributed by atoms with van der Waals surface area (Å²) < 4.78 is 0. The first kappa shape index (κ1) is 15.7. The van der Waals surface area contributed by atoms with Crippen LogP contribution in [0.4, 0.5) is 10.5 Å². The molecule has 2 rings (SSSR count). The number of anilines is 1. The van der Waals surface area contributed by atoms with Crippen molar-refractivity contribution in [2.45, 2.75) is 36.6 Å². The minimum Gasteiger partial charge on any atom is -0.480 e. The van der Waals surface area contributed by atoms with Crippen molar-refractivity contribution < 1.29 is 14.7 Å². The van der Waals surface area contributed by atoms with Gasteiger partial charge >= 0.3 is 12.0 Å². The van der Waals surface area contributed by atoms with Crippen molar-refractivity contribution in [2.24, 2.45) is 0 Å². The zero-order valence-corrected chi connectivity index (χ0v) is 12.9. The predicted octanol–water partition coefficient (Wildman–Crippen LogP) is 3.27. The summed E-state index contributed by atoms with van der Waals surface area (Å²) in [7, 11) is 0. The number of aliphatic carboxylic acids is 1. The maximum absolute atomic E-state index is 12.4. The van der Waals surface area contributed by atoms with E-state index in [0.717, 1.165) is 30.6 Å². The van der Waals surface area contributed by atoms with E-state index in [9.17, 15) is 9.59 Å². The Labute approximate surface area is 128 Å². The number of carbonyl (C=O) groups is 2. The maximum Gasteiger partial charge on any atom is 0.323 e. The Morgan fingerprint density at radius 2 is 2.10 bits per heavy atom. The van der Waals surface area contributed by atoms with Crippen molar-refractivity contribution in [3.8, 4) is 0 Å². The molecule has 21 heavy (non-hydrogen) atoms. The Kier molecular flexibility index (Phi) is 5.50. The third kappa shape index (κ3) is 4.39. The summed E-state index contributed by atoms with van der Waals surface area (Å²) in [6.45, 7) is -0.251. The number of rotatable bonds is 5. The minimum atomic E-state index is -0.977. The first-order valence-corrected chi connectivity index (χ1v) is 8.26. The molecule has 0 radical (unpaired) electrons.